The molecule has 7 heteroatoms. The molecule has 7 nitrogen and oxygen atoms in total. The van der Waals surface area contributed by atoms with Gasteiger partial charge in [0.1, 0.15) is 11.5 Å². The molecule has 0 spiro atoms. The van der Waals surface area contributed by atoms with Gasteiger partial charge in [0.05, 0.1) is 17.5 Å². The van der Waals surface area contributed by atoms with Crippen molar-refractivity contribution in [3.8, 4) is 0 Å². The monoisotopic (exact) mass is 397 g/mol. The first-order valence-corrected chi connectivity index (χ1v) is 10.4. The van der Waals surface area contributed by atoms with Gasteiger partial charge in [-0.1, -0.05) is 12.8 Å². The number of nitrogens with one attached hydrogen (secondary N) is 1. The van der Waals surface area contributed by atoms with E-state index in [1.807, 2.05) is 11.8 Å². The Kier molecular flexibility index (Phi) is 5.56. The van der Waals surface area contributed by atoms with E-state index < -0.39 is 0 Å². The molecule has 4 rings (SSSR count). The van der Waals surface area contributed by atoms with E-state index in [-0.39, 0.29) is 11.8 Å². The van der Waals surface area contributed by atoms with E-state index in [9.17, 15) is 9.59 Å². The normalized spacial score (nSPS) is 18.4. The third-order valence-electron chi connectivity index (χ3n) is 5.81. The molecule has 2 aromatic heterocycles. The number of likely N-dealkylation sites (tertiary alicyclic amines) is 1. The number of carbonyl (C=O) groups is 2. The largest absolute Gasteiger partial charge is 0.469 e. The molecule has 3 heterocycles. The van der Waals surface area contributed by atoms with Crippen LogP contribution < -0.4 is 5.43 Å². The zero-order valence-corrected chi connectivity index (χ0v) is 17.0. The fourth-order valence-corrected chi connectivity index (χ4v) is 4.20. The molecule has 0 saturated carbocycles. The van der Waals surface area contributed by atoms with Crippen molar-refractivity contribution in [2.24, 2.45) is 5.10 Å². The molecule has 2 aromatic rings. The lowest BCUT2D eigenvalue weighted by atomic mass is 9.93. The summed E-state index contributed by atoms with van der Waals surface area (Å²) in [6.45, 7) is 5.22. The number of hydrazone groups is 1. The van der Waals surface area contributed by atoms with Crippen LogP contribution in [0.15, 0.2) is 26.3 Å². The summed E-state index contributed by atoms with van der Waals surface area (Å²) in [6.07, 6.45) is 8.28. The number of amides is 2. The molecule has 154 valence electrons. The predicted molar refractivity (Wildman–Crippen MR) is 108 cm³/mol. The highest BCUT2D eigenvalue weighted by Gasteiger charge is 2.30. The first-order valence-electron chi connectivity index (χ1n) is 10.4. The summed E-state index contributed by atoms with van der Waals surface area (Å²) >= 11 is 0. The zero-order chi connectivity index (χ0) is 20.4. The molecule has 1 aliphatic heterocycles. The van der Waals surface area contributed by atoms with E-state index in [1.165, 1.54) is 19.1 Å². The number of aryl methyl sites for hydroxylation is 2. The Morgan fingerprint density at radius 3 is 2.52 bits per heavy atom. The van der Waals surface area contributed by atoms with Gasteiger partial charge in [0.2, 0.25) is 0 Å². The summed E-state index contributed by atoms with van der Waals surface area (Å²) in [5, 5.41) is 4.37. The second kappa shape index (κ2) is 8.27. The van der Waals surface area contributed by atoms with Crippen LogP contribution in [0.3, 0.4) is 0 Å². The van der Waals surface area contributed by atoms with Gasteiger partial charge in [-0.15, -0.1) is 0 Å². The Morgan fingerprint density at radius 1 is 1.07 bits per heavy atom. The standard InChI is InChI=1S/C22H27N3O4/c1-14-19-17(23-24-21(26)16-10-13-28-15(16)2)8-7-9-18(19)29-20(14)22(27)25-11-5-3-4-6-12-25/h10,13H,3-9,11-12H2,1-2H3,(H,24,26)/b23-17+. The van der Waals surface area contributed by atoms with Gasteiger partial charge in [0.15, 0.2) is 5.76 Å². The maximum atomic E-state index is 13.1. The number of nitrogens with zero attached hydrogens (tertiary/aromatic N) is 2. The Hall–Kier alpha value is -2.83. The highest BCUT2D eigenvalue weighted by atomic mass is 16.4. The fraction of sp³-hybridized carbons (Fsp3) is 0.500. The van der Waals surface area contributed by atoms with Gasteiger partial charge in [0.25, 0.3) is 11.8 Å². The van der Waals surface area contributed by atoms with Crippen LogP contribution in [0, 0.1) is 13.8 Å². The summed E-state index contributed by atoms with van der Waals surface area (Å²) in [4.78, 5) is 27.3. The molecule has 0 atom stereocenters. The van der Waals surface area contributed by atoms with Crippen LogP contribution in [0.2, 0.25) is 0 Å². The van der Waals surface area contributed by atoms with Crippen LogP contribution in [0.25, 0.3) is 0 Å². The predicted octanol–water partition coefficient (Wildman–Crippen LogP) is 3.98. The number of furan rings is 2. The second-order valence-electron chi connectivity index (χ2n) is 7.80. The highest BCUT2D eigenvalue weighted by molar-refractivity contribution is 6.07. The minimum atomic E-state index is -0.308. The summed E-state index contributed by atoms with van der Waals surface area (Å²) in [5.74, 6) is 1.42. The van der Waals surface area contributed by atoms with E-state index in [4.69, 9.17) is 8.83 Å². The quantitative estimate of drug-likeness (QED) is 0.794. The third-order valence-corrected chi connectivity index (χ3v) is 5.81. The van der Waals surface area contributed by atoms with Crippen molar-refractivity contribution in [3.63, 3.8) is 0 Å². The lowest BCUT2D eigenvalue weighted by Crippen LogP contribution is -2.32. The van der Waals surface area contributed by atoms with Crippen LogP contribution in [-0.4, -0.2) is 35.5 Å². The van der Waals surface area contributed by atoms with Crippen LogP contribution in [0.5, 0.6) is 0 Å². The number of rotatable bonds is 3. The summed E-state index contributed by atoms with van der Waals surface area (Å²) in [5.41, 5.74) is 5.55. The summed E-state index contributed by atoms with van der Waals surface area (Å²) in [7, 11) is 0. The van der Waals surface area contributed by atoms with Crippen LogP contribution in [0.1, 0.15) is 82.1 Å². The van der Waals surface area contributed by atoms with Crippen LogP contribution in [0.4, 0.5) is 0 Å². The van der Waals surface area contributed by atoms with E-state index in [1.54, 1.807) is 13.0 Å². The Morgan fingerprint density at radius 2 is 1.83 bits per heavy atom. The van der Waals surface area contributed by atoms with Crippen molar-refractivity contribution < 1.29 is 18.4 Å². The topological polar surface area (TPSA) is 88.0 Å². The first kappa shape index (κ1) is 19.5. The maximum absolute atomic E-state index is 13.1. The highest BCUT2D eigenvalue weighted by Crippen LogP contribution is 2.31. The van der Waals surface area contributed by atoms with Crippen molar-refractivity contribution >= 4 is 17.5 Å². The maximum Gasteiger partial charge on any atom is 0.289 e. The lowest BCUT2D eigenvalue weighted by Gasteiger charge is -2.19. The van der Waals surface area contributed by atoms with Gasteiger partial charge < -0.3 is 13.7 Å². The fourth-order valence-electron chi connectivity index (χ4n) is 4.20. The van der Waals surface area contributed by atoms with E-state index in [0.717, 1.165) is 67.8 Å². The van der Waals surface area contributed by atoms with Gasteiger partial charge in [-0.25, -0.2) is 5.43 Å². The molecule has 0 radical (unpaired) electrons. The molecule has 0 bridgehead atoms. The molecule has 29 heavy (non-hydrogen) atoms. The first-order chi connectivity index (χ1) is 14.1. The van der Waals surface area contributed by atoms with Gasteiger partial charge in [-0.05, 0) is 45.6 Å². The molecule has 1 saturated heterocycles. The molecule has 0 unspecified atom stereocenters. The summed E-state index contributed by atoms with van der Waals surface area (Å²) < 4.78 is 11.2. The molecule has 2 aliphatic rings. The smallest absolute Gasteiger partial charge is 0.289 e. The van der Waals surface area contributed by atoms with Crippen LogP contribution >= 0.6 is 0 Å². The van der Waals surface area contributed by atoms with Gasteiger partial charge >= 0.3 is 0 Å². The second-order valence-corrected chi connectivity index (χ2v) is 7.80. The molecule has 1 N–H and O–H groups in total. The molecule has 0 aromatic carbocycles. The Bertz CT molecular complexity index is 945. The Labute approximate surface area is 170 Å². The van der Waals surface area contributed by atoms with Gasteiger partial charge in [0, 0.05) is 30.6 Å². The lowest BCUT2D eigenvalue weighted by molar-refractivity contribution is 0.0726. The molecule has 1 aliphatic carbocycles. The number of fused-ring (bicyclic) bond motifs is 1. The van der Waals surface area contributed by atoms with Crippen molar-refractivity contribution in [2.75, 3.05) is 13.1 Å². The zero-order valence-electron chi connectivity index (χ0n) is 17.0. The van der Waals surface area contributed by atoms with E-state index >= 15 is 0 Å². The van der Waals surface area contributed by atoms with Crippen molar-refractivity contribution in [1.29, 1.82) is 0 Å². The van der Waals surface area contributed by atoms with Gasteiger partial charge in [-0.3, -0.25) is 9.59 Å². The minimum Gasteiger partial charge on any atom is -0.469 e. The molecule has 1 fully saturated rings. The van der Waals surface area contributed by atoms with Crippen molar-refractivity contribution in [2.45, 2.75) is 58.8 Å². The minimum absolute atomic E-state index is 0.0313. The average Bonchev–Trinajstić information content (AvgIpc) is 3.18. The van der Waals surface area contributed by atoms with E-state index in [0.29, 0.717) is 17.1 Å². The van der Waals surface area contributed by atoms with Gasteiger partial charge in [-0.2, -0.15) is 5.10 Å². The Balaban J connectivity index is 1.58. The SMILES string of the molecule is Cc1occc1C(=O)N/N=C1\CCCc2oc(C(=O)N3CCCCCC3)c(C)c21. The van der Waals surface area contributed by atoms with E-state index in [2.05, 4.69) is 10.5 Å². The number of carbonyl (C=O) groups excluding carboxylic acids is 2. The number of hydrogen-bond donors (Lipinski definition) is 1. The third kappa shape index (κ3) is 3.86. The van der Waals surface area contributed by atoms with Crippen molar-refractivity contribution in [1.82, 2.24) is 10.3 Å². The average molecular weight is 397 g/mol. The van der Waals surface area contributed by atoms with Crippen LogP contribution in [-0.2, 0) is 6.42 Å². The molecular weight excluding hydrogens is 370 g/mol. The molecule has 2 amide bonds. The number of hydrogen-bond acceptors (Lipinski definition) is 5. The molecular formula is C22H27N3O4. The summed E-state index contributed by atoms with van der Waals surface area (Å²) in [6, 6.07) is 1.62. The van der Waals surface area contributed by atoms with Crippen molar-refractivity contribution in [3.05, 3.63) is 46.3 Å².